The number of carboxylic acid groups (broad SMARTS) is 1. The number of carboxylic acids is 1. The number of aliphatic carboxylic acids is 1. The molecule has 6 rings (SSSR count). The van der Waals surface area contributed by atoms with E-state index >= 15 is 0 Å². The van der Waals surface area contributed by atoms with Gasteiger partial charge in [-0.2, -0.15) is 0 Å². The first-order valence-electron chi connectivity index (χ1n) is 11.1. The van der Waals surface area contributed by atoms with Gasteiger partial charge in [-0.1, -0.05) is 22.9 Å². The van der Waals surface area contributed by atoms with E-state index in [1.165, 1.54) is 22.4 Å². The minimum Gasteiger partial charge on any atom is -0.480 e. The standard InChI is InChI=1S/C24H18ClN7O3S/c25-14-5-8-16-18(12-14)36-24(28-16)27-15-6-3-13(4-7-15)20-29-30-21-19(26-9-11-32(20)21)22(33)31-10-1-2-17(31)23(34)35/h3-9,11-12,17H,1-2,10H2,(H,27,28)(H,34,35)/t17-/m0/s1. The summed E-state index contributed by atoms with van der Waals surface area (Å²) in [6, 6.07) is 12.3. The van der Waals surface area contributed by atoms with Crippen molar-refractivity contribution in [2.45, 2.75) is 18.9 Å². The molecular formula is C24H18ClN7O3S. The van der Waals surface area contributed by atoms with Crippen molar-refractivity contribution in [2.75, 3.05) is 11.9 Å². The van der Waals surface area contributed by atoms with Gasteiger partial charge in [0.1, 0.15) is 6.04 Å². The molecule has 5 aromatic rings. The summed E-state index contributed by atoms with van der Waals surface area (Å²) in [6.45, 7) is 0.371. The average Bonchev–Trinajstić information content (AvgIpc) is 3.61. The number of halogens is 1. The first kappa shape index (κ1) is 22.4. The van der Waals surface area contributed by atoms with Crippen LogP contribution in [0.3, 0.4) is 0 Å². The van der Waals surface area contributed by atoms with Crippen LogP contribution in [-0.2, 0) is 4.79 Å². The smallest absolute Gasteiger partial charge is 0.326 e. The molecule has 0 aliphatic carbocycles. The van der Waals surface area contributed by atoms with E-state index in [9.17, 15) is 14.7 Å². The maximum Gasteiger partial charge on any atom is 0.326 e. The third-order valence-corrected chi connectivity index (χ3v) is 7.24. The summed E-state index contributed by atoms with van der Waals surface area (Å²) in [5.74, 6) is -0.932. The number of thiazole rings is 1. The Morgan fingerprint density at radius 2 is 1.97 bits per heavy atom. The number of anilines is 2. The Kier molecular flexibility index (Phi) is 5.50. The van der Waals surface area contributed by atoms with Crippen molar-refractivity contribution in [2.24, 2.45) is 0 Å². The largest absolute Gasteiger partial charge is 0.480 e. The van der Waals surface area contributed by atoms with Gasteiger partial charge in [-0.15, -0.1) is 10.2 Å². The Bertz CT molecular complexity index is 1630. The van der Waals surface area contributed by atoms with Crippen molar-refractivity contribution in [3.8, 4) is 11.4 Å². The number of aromatic nitrogens is 5. The summed E-state index contributed by atoms with van der Waals surface area (Å²) in [7, 11) is 0. The number of likely N-dealkylation sites (tertiary alicyclic amines) is 1. The van der Waals surface area contributed by atoms with E-state index in [1.807, 2.05) is 42.5 Å². The second-order valence-electron chi connectivity index (χ2n) is 8.32. The third-order valence-electron chi connectivity index (χ3n) is 6.07. The van der Waals surface area contributed by atoms with Crippen molar-refractivity contribution >= 4 is 61.5 Å². The highest BCUT2D eigenvalue weighted by Crippen LogP contribution is 2.31. The van der Waals surface area contributed by atoms with Gasteiger partial charge in [0.15, 0.2) is 22.3 Å². The zero-order chi connectivity index (χ0) is 24.8. The Morgan fingerprint density at radius 1 is 1.14 bits per heavy atom. The van der Waals surface area contributed by atoms with Crippen LogP contribution in [0.5, 0.6) is 0 Å². The molecule has 0 spiro atoms. The number of fused-ring (bicyclic) bond motifs is 2. The maximum absolute atomic E-state index is 13.1. The molecule has 1 fully saturated rings. The number of carbonyl (C=O) groups excluding carboxylic acids is 1. The zero-order valence-corrected chi connectivity index (χ0v) is 20.2. The molecule has 2 N–H and O–H groups in total. The minimum atomic E-state index is -1.02. The van der Waals surface area contributed by atoms with Gasteiger partial charge in [0.25, 0.3) is 5.91 Å². The highest BCUT2D eigenvalue weighted by Gasteiger charge is 2.36. The number of hydrogen-bond donors (Lipinski definition) is 2. The van der Waals surface area contributed by atoms with Gasteiger partial charge in [-0.3, -0.25) is 9.20 Å². The van der Waals surface area contributed by atoms with Crippen molar-refractivity contribution in [3.63, 3.8) is 0 Å². The van der Waals surface area contributed by atoms with Crippen LogP contribution < -0.4 is 5.32 Å². The second kappa shape index (κ2) is 8.85. The molecule has 1 aliphatic heterocycles. The number of nitrogens with one attached hydrogen (secondary N) is 1. The highest BCUT2D eigenvalue weighted by atomic mass is 35.5. The van der Waals surface area contributed by atoms with Gasteiger partial charge in [-0.05, 0) is 55.3 Å². The fourth-order valence-corrected chi connectivity index (χ4v) is 5.52. The van der Waals surface area contributed by atoms with Crippen LogP contribution in [0.2, 0.25) is 5.02 Å². The van der Waals surface area contributed by atoms with Crippen molar-refractivity contribution in [3.05, 3.63) is 65.6 Å². The molecule has 3 aromatic heterocycles. The fraction of sp³-hybridized carbons (Fsp3) is 0.167. The van der Waals surface area contributed by atoms with E-state index in [0.29, 0.717) is 30.2 Å². The van der Waals surface area contributed by atoms with E-state index < -0.39 is 17.9 Å². The summed E-state index contributed by atoms with van der Waals surface area (Å²) in [4.78, 5) is 34.8. The number of nitrogens with zero attached hydrogens (tertiary/aromatic N) is 6. The lowest BCUT2D eigenvalue weighted by atomic mass is 10.2. The van der Waals surface area contributed by atoms with Crippen molar-refractivity contribution in [1.82, 2.24) is 29.5 Å². The van der Waals surface area contributed by atoms with Gasteiger partial charge in [0.2, 0.25) is 0 Å². The quantitative estimate of drug-likeness (QED) is 0.348. The summed E-state index contributed by atoms with van der Waals surface area (Å²) >= 11 is 7.59. The third kappa shape index (κ3) is 3.91. The minimum absolute atomic E-state index is 0.0821. The van der Waals surface area contributed by atoms with E-state index in [1.54, 1.807) is 10.6 Å². The Labute approximate surface area is 213 Å². The van der Waals surface area contributed by atoms with Gasteiger partial charge in [0.05, 0.1) is 10.2 Å². The van der Waals surface area contributed by atoms with Gasteiger partial charge < -0.3 is 15.3 Å². The SMILES string of the molecule is O=C(O)[C@@H]1CCCN1C(=O)c1nccn2c(-c3ccc(Nc4nc5ccc(Cl)cc5s4)cc3)nnc12. The molecule has 0 bridgehead atoms. The van der Waals surface area contributed by atoms with Crippen molar-refractivity contribution < 1.29 is 14.7 Å². The number of hydrogen-bond acceptors (Lipinski definition) is 8. The maximum atomic E-state index is 13.1. The van der Waals surface area contributed by atoms with Crippen molar-refractivity contribution in [1.29, 1.82) is 0 Å². The van der Waals surface area contributed by atoms with Crippen LogP contribution in [0.25, 0.3) is 27.3 Å². The average molecular weight is 520 g/mol. The molecule has 0 unspecified atom stereocenters. The molecule has 180 valence electrons. The number of amides is 1. The van der Waals surface area contributed by atoms with Crippen LogP contribution in [0.1, 0.15) is 23.3 Å². The topological polar surface area (TPSA) is 126 Å². The van der Waals surface area contributed by atoms with Crippen LogP contribution in [0, 0.1) is 0 Å². The van der Waals surface area contributed by atoms with Crippen LogP contribution in [0.4, 0.5) is 10.8 Å². The molecule has 10 nitrogen and oxygen atoms in total. The molecule has 12 heteroatoms. The Morgan fingerprint density at radius 3 is 2.78 bits per heavy atom. The zero-order valence-electron chi connectivity index (χ0n) is 18.6. The fourth-order valence-electron chi connectivity index (χ4n) is 4.35. The number of carbonyl (C=O) groups is 2. The molecule has 1 atom stereocenters. The molecular weight excluding hydrogens is 502 g/mol. The Hall–Kier alpha value is -4.09. The molecule has 0 radical (unpaired) electrons. The highest BCUT2D eigenvalue weighted by molar-refractivity contribution is 7.22. The molecule has 0 saturated carbocycles. The first-order valence-corrected chi connectivity index (χ1v) is 12.3. The molecule has 1 aliphatic rings. The van der Waals surface area contributed by atoms with Crippen LogP contribution in [-0.4, -0.2) is 59.0 Å². The van der Waals surface area contributed by atoms with E-state index in [0.717, 1.165) is 26.6 Å². The van der Waals surface area contributed by atoms with Gasteiger partial charge >= 0.3 is 5.97 Å². The first-order chi connectivity index (χ1) is 17.5. The summed E-state index contributed by atoms with van der Waals surface area (Å²) < 4.78 is 2.69. The molecule has 36 heavy (non-hydrogen) atoms. The van der Waals surface area contributed by atoms with E-state index in [4.69, 9.17) is 11.6 Å². The molecule has 4 heterocycles. The second-order valence-corrected chi connectivity index (χ2v) is 9.79. The number of rotatable bonds is 5. The van der Waals surface area contributed by atoms with E-state index in [-0.39, 0.29) is 11.3 Å². The molecule has 1 saturated heterocycles. The monoisotopic (exact) mass is 519 g/mol. The van der Waals surface area contributed by atoms with Gasteiger partial charge in [0, 0.05) is 35.2 Å². The van der Waals surface area contributed by atoms with Crippen LogP contribution in [0.15, 0.2) is 54.9 Å². The molecule has 2 aromatic carbocycles. The predicted molar refractivity (Wildman–Crippen MR) is 136 cm³/mol. The predicted octanol–water partition coefficient (Wildman–Crippen LogP) is 4.49. The Balaban J connectivity index is 1.27. The lowest BCUT2D eigenvalue weighted by molar-refractivity contribution is -0.141. The summed E-state index contributed by atoms with van der Waals surface area (Å²) in [5, 5.41) is 22.7. The van der Waals surface area contributed by atoms with Crippen LogP contribution >= 0.6 is 22.9 Å². The summed E-state index contributed by atoms with van der Waals surface area (Å²) in [6.07, 6.45) is 4.23. The molecule has 1 amide bonds. The number of benzene rings is 2. The lowest BCUT2D eigenvalue weighted by Crippen LogP contribution is -2.41. The van der Waals surface area contributed by atoms with E-state index in [2.05, 4.69) is 25.5 Å². The normalized spacial score (nSPS) is 15.6. The summed E-state index contributed by atoms with van der Waals surface area (Å²) in [5.41, 5.74) is 2.88. The lowest BCUT2D eigenvalue weighted by Gasteiger charge is -2.20. The van der Waals surface area contributed by atoms with Gasteiger partial charge in [-0.25, -0.2) is 14.8 Å².